The molecule has 1 heterocycles. The first kappa shape index (κ1) is 24.3. The van der Waals surface area contributed by atoms with Gasteiger partial charge >= 0.3 is 0 Å². The van der Waals surface area contributed by atoms with E-state index in [1.165, 1.54) is 0 Å². The van der Waals surface area contributed by atoms with Crippen molar-refractivity contribution in [3.63, 3.8) is 0 Å². The lowest BCUT2D eigenvalue weighted by Crippen LogP contribution is -2.43. The second-order valence-corrected chi connectivity index (χ2v) is 9.00. The normalized spacial score (nSPS) is 16.6. The highest BCUT2D eigenvalue weighted by Gasteiger charge is 2.21. The van der Waals surface area contributed by atoms with Crippen LogP contribution in [0.15, 0.2) is 57.6 Å². The van der Waals surface area contributed by atoms with E-state index in [0.717, 1.165) is 37.4 Å². The van der Waals surface area contributed by atoms with E-state index in [9.17, 15) is 8.42 Å². The third kappa shape index (κ3) is 6.77. The molecule has 0 saturated carbocycles. The quantitative estimate of drug-likeness (QED) is 0.557. The summed E-state index contributed by atoms with van der Waals surface area (Å²) in [5, 5.41) is 3.82. The van der Waals surface area contributed by atoms with Crippen LogP contribution in [0.5, 0.6) is 5.75 Å². The van der Waals surface area contributed by atoms with E-state index < -0.39 is 10.0 Å². The van der Waals surface area contributed by atoms with Crippen LogP contribution in [0.1, 0.15) is 13.8 Å². The van der Waals surface area contributed by atoms with Crippen molar-refractivity contribution < 1.29 is 17.9 Å². The summed E-state index contributed by atoms with van der Waals surface area (Å²) in [7, 11) is -0.637. The Labute approximate surface area is 184 Å². The summed E-state index contributed by atoms with van der Waals surface area (Å²) in [6.07, 6.45) is 5.15. The van der Waals surface area contributed by atoms with Crippen molar-refractivity contribution in [2.24, 2.45) is 0 Å². The van der Waals surface area contributed by atoms with Crippen LogP contribution in [-0.2, 0) is 14.8 Å². The number of allylic oxidation sites excluding steroid dienone is 4. The second kappa shape index (κ2) is 11.4. The number of methoxy groups -OCH3 is 2. The van der Waals surface area contributed by atoms with Gasteiger partial charge in [-0.05, 0) is 49.8 Å². The van der Waals surface area contributed by atoms with Crippen LogP contribution >= 0.6 is 11.6 Å². The van der Waals surface area contributed by atoms with E-state index in [4.69, 9.17) is 21.1 Å². The van der Waals surface area contributed by atoms with Crippen LogP contribution in [0.4, 0.5) is 5.69 Å². The molecule has 166 valence electrons. The molecule has 0 unspecified atom stereocenters. The van der Waals surface area contributed by atoms with E-state index in [-0.39, 0.29) is 4.90 Å². The summed E-state index contributed by atoms with van der Waals surface area (Å²) < 4.78 is 39.1. The number of nitrogens with zero attached hydrogens (tertiary/aromatic N) is 1. The van der Waals surface area contributed by atoms with Gasteiger partial charge in [0, 0.05) is 44.0 Å². The van der Waals surface area contributed by atoms with Gasteiger partial charge in [-0.2, -0.15) is 0 Å². The lowest BCUT2D eigenvalue weighted by atomic mass is 10.2. The van der Waals surface area contributed by atoms with Crippen LogP contribution in [-0.4, -0.2) is 55.4 Å². The molecule has 1 saturated heterocycles. The van der Waals surface area contributed by atoms with E-state index in [2.05, 4.69) is 14.9 Å². The highest BCUT2D eigenvalue weighted by Crippen LogP contribution is 2.31. The van der Waals surface area contributed by atoms with Crippen LogP contribution in [0.25, 0.3) is 0 Å². The van der Waals surface area contributed by atoms with Crippen molar-refractivity contribution in [3.05, 3.63) is 52.7 Å². The Kier molecular flexibility index (Phi) is 9.23. The maximum atomic E-state index is 13.0. The van der Waals surface area contributed by atoms with E-state index in [0.29, 0.717) is 23.1 Å². The Balaban J connectivity index is 2.28. The van der Waals surface area contributed by atoms with Gasteiger partial charge in [-0.25, -0.2) is 8.42 Å². The second-order valence-electron chi connectivity index (χ2n) is 6.83. The van der Waals surface area contributed by atoms with Crippen molar-refractivity contribution in [1.29, 1.82) is 0 Å². The first-order chi connectivity index (χ1) is 14.3. The number of ether oxygens (including phenoxy) is 2. The highest BCUT2D eigenvalue weighted by atomic mass is 35.5. The Morgan fingerprint density at radius 3 is 2.57 bits per heavy atom. The molecule has 2 N–H and O–H groups in total. The number of piperazine rings is 1. The number of benzene rings is 1. The SMILES string of the molecule is CC=C(C=C(C)C=C(Cl)COC)NS(=O)(=O)c1ccc(OC)c(N2CCNCC2)c1. The molecule has 0 amide bonds. The van der Waals surface area contributed by atoms with Gasteiger partial charge in [0.2, 0.25) is 0 Å². The number of hydrogen-bond acceptors (Lipinski definition) is 6. The number of sulfonamides is 1. The average Bonchev–Trinajstić information content (AvgIpc) is 2.73. The van der Waals surface area contributed by atoms with Gasteiger partial charge in [0.1, 0.15) is 5.75 Å². The number of halogens is 1. The van der Waals surface area contributed by atoms with Crippen molar-refractivity contribution in [3.8, 4) is 5.75 Å². The van der Waals surface area contributed by atoms with Crippen LogP contribution < -0.4 is 19.7 Å². The molecule has 1 aliphatic rings. The predicted octanol–water partition coefficient (Wildman–Crippen LogP) is 3.00. The molecule has 0 aromatic heterocycles. The first-order valence-electron chi connectivity index (χ1n) is 9.67. The lowest BCUT2D eigenvalue weighted by Gasteiger charge is -2.30. The van der Waals surface area contributed by atoms with E-state index >= 15 is 0 Å². The van der Waals surface area contributed by atoms with Crippen molar-refractivity contribution in [2.45, 2.75) is 18.7 Å². The van der Waals surface area contributed by atoms with Crippen LogP contribution in [0.2, 0.25) is 0 Å². The Morgan fingerprint density at radius 1 is 1.27 bits per heavy atom. The molecule has 9 heteroatoms. The molecule has 30 heavy (non-hydrogen) atoms. The molecule has 0 aliphatic carbocycles. The molecule has 0 radical (unpaired) electrons. The van der Waals surface area contributed by atoms with E-state index in [1.807, 2.05) is 6.92 Å². The standard InChI is InChI=1S/C21H30ClN3O4S/c1-5-18(13-16(2)12-17(22)15-28-3)24-30(26,27)19-6-7-21(29-4)20(14-19)25-10-8-23-9-11-25/h5-7,12-14,23-24H,8-11,15H2,1-4H3. The molecule has 1 aromatic rings. The molecule has 1 fully saturated rings. The minimum absolute atomic E-state index is 0.176. The van der Waals surface area contributed by atoms with Gasteiger partial charge in [-0.15, -0.1) is 0 Å². The zero-order chi connectivity index (χ0) is 22.1. The highest BCUT2D eigenvalue weighted by molar-refractivity contribution is 7.89. The zero-order valence-electron chi connectivity index (χ0n) is 17.9. The zero-order valence-corrected chi connectivity index (χ0v) is 19.4. The van der Waals surface area contributed by atoms with Gasteiger partial charge in [0.25, 0.3) is 10.0 Å². The number of hydrogen-bond donors (Lipinski definition) is 2. The number of anilines is 1. The van der Waals surface area contributed by atoms with Crippen LogP contribution in [0.3, 0.4) is 0 Å². The third-order valence-electron chi connectivity index (χ3n) is 4.53. The molecule has 7 nitrogen and oxygen atoms in total. The van der Waals surface area contributed by atoms with Crippen molar-refractivity contribution in [1.82, 2.24) is 10.0 Å². The molecule has 2 rings (SSSR count). The molecule has 0 spiro atoms. The maximum Gasteiger partial charge on any atom is 0.261 e. The molecule has 0 bridgehead atoms. The first-order valence-corrected chi connectivity index (χ1v) is 11.5. The average molecular weight is 456 g/mol. The predicted molar refractivity (Wildman–Crippen MR) is 122 cm³/mol. The Bertz CT molecular complexity index is 920. The largest absolute Gasteiger partial charge is 0.495 e. The Morgan fingerprint density at radius 2 is 1.97 bits per heavy atom. The third-order valence-corrected chi connectivity index (χ3v) is 6.13. The summed E-state index contributed by atoms with van der Waals surface area (Å²) >= 11 is 6.07. The Hall–Kier alpha value is -2.00. The molecule has 1 aromatic carbocycles. The summed E-state index contributed by atoms with van der Waals surface area (Å²) in [6, 6.07) is 4.90. The number of rotatable bonds is 9. The molecule has 0 atom stereocenters. The number of nitrogens with one attached hydrogen (secondary N) is 2. The summed E-state index contributed by atoms with van der Waals surface area (Å²) in [6.45, 7) is 7.14. The molecular weight excluding hydrogens is 426 g/mol. The van der Waals surface area contributed by atoms with Crippen LogP contribution in [0, 0.1) is 0 Å². The maximum absolute atomic E-state index is 13.0. The smallest absolute Gasteiger partial charge is 0.261 e. The monoisotopic (exact) mass is 455 g/mol. The lowest BCUT2D eigenvalue weighted by molar-refractivity contribution is 0.231. The molecule has 1 aliphatic heterocycles. The van der Waals surface area contributed by atoms with E-state index in [1.54, 1.807) is 57.6 Å². The van der Waals surface area contributed by atoms with Gasteiger partial charge in [0.15, 0.2) is 0 Å². The topological polar surface area (TPSA) is 79.9 Å². The minimum atomic E-state index is -3.78. The van der Waals surface area contributed by atoms with Gasteiger partial charge < -0.3 is 19.7 Å². The fourth-order valence-corrected chi connectivity index (χ4v) is 4.49. The fourth-order valence-electron chi connectivity index (χ4n) is 3.09. The fraction of sp³-hybridized carbons (Fsp3) is 0.429. The van der Waals surface area contributed by atoms with Gasteiger partial charge in [-0.1, -0.05) is 17.7 Å². The minimum Gasteiger partial charge on any atom is -0.495 e. The van der Waals surface area contributed by atoms with Crippen molar-refractivity contribution in [2.75, 3.05) is 51.9 Å². The van der Waals surface area contributed by atoms with Gasteiger partial charge in [0.05, 0.1) is 24.3 Å². The van der Waals surface area contributed by atoms with Gasteiger partial charge in [-0.3, -0.25) is 4.72 Å². The summed E-state index contributed by atoms with van der Waals surface area (Å²) in [4.78, 5) is 2.30. The summed E-state index contributed by atoms with van der Waals surface area (Å²) in [5.41, 5.74) is 2.01. The summed E-state index contributed by atoms with van der Waals surface area (Å²) in [5.74, 6) is 0.649. The molecular formula is C21H30ClN3O4S. The van der Waals surface area contributed by atoms with Crippen molar-refractivity contribution >= 4 is 27.3 Å².